The van der Waals surface area contributed by atoms with Crippen molar-refractivity contribution >= 4 is 53.5 Å². The second-order valence-corrected chi connectivity index (χ2v) is 8.56. The van der Waals surface area contributed by atoms with Crippen molar-refractivity contribution < 1.29 is 8.42 Å². The van der Waals surface area contributed by atoms with E-state index in [0.717, 1.165) is 8.96 Å². The van der Waals surface area contributed by atoms with Gasteiger partial charge in [0.1, 0.15) is 0 Å². The number of rotatable bonds is 0. The van der Waals surface area contributed by atoms with Gasteiger partial charge in [0.05, 0.1) is 26.5 Å². The van der Waals surface area contributed by atoms with Gasteiger partial charge in [0.25, 0.3) is 0 Å². The summed E-state index contributed by atoms with van der Waals surface area (Å²) < 4.78 is 25.6. The second kappa shape index (κ2) is 3.12. The van der Waals surface area contributed by atoms with Gasteiger partial charge < -0.3 is 0 Å². The zero-order valence-corrected chi connectivity index (χ0v) is 11.7. The minimum absolute atomic E-state index is 0.0218. The molecule has 14 heavy (non-hydrogen) atoms. The third-order valence-corrected chi connectivity index (χ3v) is 8.85. The van der Waals surface area contributed by atoms with Crippen LogP contribution in [-0.4, -0.2) is 24.2 Å². The molecule has 0 aliphatic carbocycles. The maximum absolute atomic E-state index is 11.9. The van der Waals surface area contributed by atoms with Crippen LogP contribution in [-0.2, 0) is 21.6 Å². The Labute approximate surface area is 103 Å². The van der Waals surface area contributed by atoms with Gasteiger partial charge in [0.2, 0.25) is 0 Å². The van der Waals surface area contributed by atoms with E-state index in [1.54, 1.807) is 5.41 Å². The summed E-state index contributed by atoms with van der Waals surface area (Å²) in [5.41, 5.74) is 0. The van der Waals surface area contributed by atoms with Crippen molar-refractivity contribution in [3.63, 3.8) is 0 Å². The first-order chi connectivity index (χ1) is 6.61. The maximum atomic E-state index is 11.9. The van der Waals surface area contributed by atoms with Crippen LogP contribution in [0.5, 0.6) is 0 Å². The van der Waals surface area contributed by atoms with Gasteiger partial charge in [-0.1, -0.05) is 37.9 Å². The molecule has 0 amide bonds. The lowest BCUT2D eigenvalue weighted by Gasteiger charge is -2.19. The molecule has 3 rings (SSSR count). The van der Waals surface area contributed by atoms with E-state index in [4.69, 9.17) is 0 Å². The van der Waals surface area contributed by atoms with Crippen molar-refractivity contribution in [2.45, 2.75) is 15.7 Å². The zero-order valence-electron chi connectivity index (χ0n) is 6.85. The fraction of sp³-hybridized carbons (Fsp3) is 0.500. The predicted molar refractivity (Wildman–Crippen MR) is 65.2 cm³/mol. The van der Waals surface area contributed by atoms with E-state index in [0.29, 0.717) is 0 Å². The van der Waals surface area contributed by atoms with Crippen LogP contribution in [0, 0.1) is 5.92 Å². The summed E-state index contributed by atoms with van der Waals surface area (Å²) >= 11 is 6.87. The molecule has 2 nitrogen and oxygen atoms in total. The molecular formula is C8H6Br2O2S2. The van der Waals surface area contributed by atoms with E-state index < -0.39 is 21.6 Å². The van der Waals surface area contributed by atoms with E-state index >= 15 is 0 Å². The first-order valence-electron chi connectivity index (χ1n) is 4.14. The van der Waals surface area contributed by atoms with Crippen LogP contribution in [0.4, 0.5) is 0 Å². The second-order valence-electron chi connectivity index (χ2n) is 3.59. The first kappa shape index (κ1) is 9.93. The summed E-state index contributed by atoms with van der Waals surface area (Å²) in [6.07, 6.45) is 1.97. The molecule has 3 aliphatic heterocycles. The lowest BCUT2D eigenvalue weighted by Crippen LogP contribution is -2.29. The molecule has 3 aliphatic rings. The molecule has 76 valence electrons. The molecule has 1 saturated heterocycles. The van der Waals surface area contributed by atoms with Crippen LogP contribution >= 0.6 is 31.9 Å². The minimum Gasteiger partial charge on any atom is -0.258 e. The lowest BCUT2D eigenvalue weighted by molar-refractivity contribution is 0.626. The standard InChI is InChI=1S/C8H6Br2O2S2/c9-3-1-5-8-6(7(3)14(5)12)4(10)2-13(8)11/h1-2,5-8H/t5-,6-,7+,8+,13?,14?/m1/s1. The molecule has 0 saturated carbocycles. The Morgan fingerprint density at radius 2 is 1.93 bits per heavy atom. The number of hydrogen-bond donors (Lipinski definition) is 0. The fourth-order valence-electron chi connectivity index (χ4n) is 2.37. The fourth-order valence-corrected chi connectivity index (χ4v) is 9.30. The van der Waals surface area contributed by atoms with Crippen LogP contribution in [0.3, 0.4) is 0 Å². The van der Waals surface area contributed by atoms with Crippen LogP contribution in [0.1, 0.15) is 0 Å². The van der Waals surface area contributed by atoms with Gasteiger partial charge in [-0.15, -0.1) is 0 Å². The largest absolute Gasteiger partial charge is 0.258 e. The first-order valence-corrected chi connectivity index (χ1v) is 8.28. The number of halogens is 2. The summed E-state index contributed by atoms with van der Waals surface area (Å²) in [4.78, 5) is 0. The van der Waals surface area contributed by atoms with Crippen LogP contribution in [0.15, 0.2) is 20.4 Å². The molecule has 6 heteroatoms. The highest BCUT2D eigenvalue weighted by Crippen LogP contribution is 2.53. The topological polar surface area (TPSA) is 34.1 Å². The Morgan fingerprint density at radius 1 is 1.21 bits per heavy atom. The van der Waals surface area contributed by atoms with Crippen molar-refractivity contribution in [2.75, 3.05) is 0 Å². The average Bonchev–Trinajstić information content (AvgIpc) is 2.64. The van der Waals surface area contributed by atoms with E-state index in [2.05, 4.69) is 31.9 Å². The van der Waals surface area contributed by atoms with Gasteiger partial charge in [0, 0.05) is 31.1 Å². The van der Waals surface area contributed by atoms with Crippen molar-refractivity contribution in [3.05, 3.63) is 20.4 Å². The Kier molecular flexibility index (Phi) is 2.21. The third-order valence-electron chi connectivity index (χ3n) is 2.93. The summed E-state index contributed by atoms with van der Waals surface area (Å²) in [5, 5.41) is 1.80. The minimum atomic E-state index is -0.961. The van der Waals surface area contributed by atoms with E-state index in [1.807, 2.05) is 6.08 Å². The molecule has 0 radical (unpaired) electrons. The summed E-state index contributed by atoms with van der Waals surface area (Å²) in [7, 11) is -1.85. The van der Waals surface area contributed by atoms with Crippen molar-refractivity contribution in [3.8, 4) is 0 Å². The molecule has 2 unspecified atom stereocenters. The quantitative estimate of drug-likeness (QED) is 0.662. The monoisotopic (exact) mass is 356 g/mol. The lowest BCUT2D eigenvalue weighted by atomic mass is 9.94. The highest BCUT2D eigenvalue weighted by Gasteiger charge is 2.58. The molecule has 0 spiro atoms. The number of allylic oxidation sites excluding steroid dienone is 1. The molecule has 1 fully saturated rings. The summed E-state index contributed by atoms with van der Waals surface area (Å²) in [6.45, 7) is 0. The molecule has 0 aromatic carbocycles. The Morgan fingerprint density at radius 3 is 2.64 bits per heavy atom. The predicted octanol–water partition coefficient (Wildman–Crippen LogP) is 1.76. The molecule has 0 aromatic heterocycles. The summed E-state index contributed by atoms with van der Waals surface area (Å²) in [6, 6.07) is 0. The number of hydrogen-bond acceptors (Lipinski definition) is 2. The molecule has 0 aromatic rings. The van der Waals surface area contributed by atoms with E-state index in [1.165, 1.54) is 0 Å². The average molecular weight is 358 g/mol. The molecular weight excluding hydrogens is 352 g/mol. The van der Waals surface area contributed by atoms with Crippen molar-refractivity contribution in [1.29, 1.82) is 0 Å². The van der Waals surface area contributed by atoms with Crippen molar-refractivity contribution in [1.82, 2.24) is 0 Å². The smallest absolute Gasteiger partial charge is 0.0752 e. The van der Waals surface area contributed by atoms with Gasteiger partial charge in [-0.05, 0) is 0 Å². The van der Waals surface area contributed by atoms with Gasteiger partial charge in [-0.2, -0.15) is 0 Å². The highest BCUT2D eigenvalue weighted by atomic mass is 79.9. The third kappa shape index (κ3) is 1.06. The number of fused-ring (bicyclic) bond motifs is 5. The van der Waals surface area contributed by atoms with E-state index in [-0.39, 0.29) is 21.7 Å². The van der Waals surface area contributed by atoms with E-state index in [9.17, 15) is 8.42 Å². The summed E-state index contributed by atoms with van der Waals surface area (Å²) in [5.74, 6) is 0.168. The van der Waals surface area contributed by atoms with Crippen LogP contribution in [0.2, 0.25) is 0 Å². The van der Waals surface area contributed by atoms with Gasteiger partial charge in [-0.25, -0.2) is 0 Å². The Hall–Kier alpha value is 0.740. The Bertz CT molecular complexity index is 429. The normalized spacial score (nSPS) is 54.4. The van der Waals surface area contributed by atoms with Gasteiger partial charge in [0.15, 0.2) is 0 Å². The molecule has 0 N–H and O–H groups in total. The molecule has 3 heterocycles. The SMILES string of the molecule is O=S1C=C(Br)[C@H]2[C@@H]1[C@H]1C=C(Br)[C@@H]2S1=O. The maximum Gasteiger partial charge on any atom is 0.0752 e. The Balaban J connectivity index is 2.15. The molecule has 6 atom stereocenters. The van der Waals surface area contributed by atoms with Crippen LogP contribution in [0.25, 0.3) is 0 Å². The zero-order chi connectivity index (χ0) is 10.0. The van der Waals surface area contributed by atoms with Gasteiger partial charge >= 0.3 is 0 Å². The van der Waals surface area contributed by atoms with Crippen molar-refractivity contribution in [2.24, 2.45) is 5.92 Å². The molecule has 2 bridgehead atoms. The van der Waals surface area contributed by atoms with Crippen LogP contribution < -0.4 is 0 Å². The highest BCUT2D eigenvalue weighted by molar-refractivity contribution is 9.12. The van der Waals surface area contributed by atoms with Gasteiger partial charge in [-0.3, -0.25) is 8.42 Å².